The highest BCUT2D eigenvalue weighted by atomic mass is 35.5. The molecule has 2 nitrogen and oxygen atoms in total. The first-order chi connectivity index (χ1) is 8.13. The lowest BCUT2D eigenvalue weighted by molar-refractivity contribution is 0.215. The molecule has 0 saturated heterocycles. The Bertz CT molecular complexity index is 393. The maximum atomic E-state index is 13.3. The molecular formula is C13H18ClFN2. The molecule has 1 unspecified atom stereocenters. The van der Waals surface area contributed by atoms with E-state index in [9.17, 15) is 4.39 Å². The zero-order valence-electron chi connectivity index (χ0n) is 10.00. The number of nitrogens with zero attached hydrogens (tertiary/aromatic N) is 1. The first kappa shape index (κ1) is 12.8. The summed E-state index contributed by atoms with van der Waals surface area (Å²) in [5.74, 6) is 0.352. The van der Waals surface area contributed by atoms with Crippen LogP contribution in [0.3, 0.4) is 0 Å². The van der Waals surface area contributed by atoms with Gasteiger partial charge in [0.25, 0.3) is 0 Å². The fourth-order valence-electron chi connectivity index (χ4n) is 2.27. The Hall–Kier alpha value is -0.640. The molecule has 0 heterocycles. The third-order valence-electron chi connectivity index (χ3n) is 3.43. The Labute approximate surface area is 107 Å². The predicted octanol–water partition coefficient (Wildman–Crippen LogP) is 2.65. The maximum absolute atomic E-state index is 13.3. The van der Waals surface area contributed by atoms with Gasteiger partial charge in [0.1, 0.15) is 5.82 Å². The van der Waals surface area contributed by atoms with Crippen LogP contribution in [0.1, 0.15) is 18.4 Å². The van der Waals surface area contributed by atoms with E-state index in [4.69, 9.17) is 17.3 Å². The summed E-state index contributed by atoms with van der Waals surface area (Å²) in [4.78, 5) is 2.18. The van der Waals surface area contributed by atoms with Gasteiger partial charge in [-0.25, -0.2) is 4.39 Å². The highest BCUT2D eigenvalue weighted by Crippen LogP contribution is 2.35. The highest BCUT2D eigenvalue weighted by molar-refractivity contribution is 6.31. The fourth-order valence-corrected chi connectivity index (χ4v) is 2.46. The Kier molecular flexibility index (Phi) is 4.02. The van der Waals surface area contributed by atoms with Crippen LogP contribution in [-0.2, 0) is 6.54 Å². The van der Waals surface area contributed by atoms with Crippen molar-refractivity contribution in [2.75, 3.05) is 13.6 Å². The van der Waals surface area contributed by atoms with E-state index < -0.39 is 0 Å². The van der Waals surface area contributed by atoms with E-state index in [1.54, 1.807) is 6.07 Å². The molecule has 0 aromatic heterocycles. The Morgan fingerprint density at radius 2 is 2.24 bits per heavy atom. The Morgan fingerprint density at radius 1 is 1.53 bits per heavy atom. The molecule has 1 aromatic rings. The molecule has 0 radical (unpaired) electrons. The average molecular weight is 257 g/mol. The van der Waals surface area contributed by atoms with Crippen LogP contribution < -0.4 is 5.73 Å². The van der Waals surface area contributed by atoms with Crippen molar-refractivity contribution < 1.29 is 4.39 Å². The van der Waals surface area contributed by atoms with Gasteiger partial charge in [-0.3, -0.25) is 4.90 Å². The van der Waals surface area contributed by atoms with Crippen LogP contribution in [0, 0.1) is 11.7 Å². The van der Waals surface area contributed by atoms with Gasteiger partial charge in [0.2, 0.25) is 0 Å². The van der Waals surface area contributed by atoms with Crippen LogP contribution in [0.2, 0.25) is 5.02 Å². The van der Waals surface area contributed by atoms with Crippen LogP contribution in [0.4, 0.5) is 4.39 Å². The van der Waals surface area contributed by atoms with Crippen molar-refractivity contribution in [2.24, 2.45) is 11.7 Å². The Balaban J connectivity index is 2.06. The summed E-state index contributed by atoms with van der Waals surface area (Å²) in [5, 5.41) is 0.228. The molecule has 1 fully saturated rings. The number of likely N-dealkylation sites (N-methyl/N-ethyl adjacent to an activating group) is 1. The molecule has 2 rings (SSSR count). The van der Waals surface area contributed by atoms with E-state index in [1.165, 1.54) is 18.9 Å². The van der Waals surface area contributed by atoms with Crippen molar-refractivity contribution >= 4 is 11.6 Å². The molecule has 0 bridgehead atoms. The lowest BCUT2D eigenvalue weighted by atomic mass is 10.1. The molecule has 17 heavy (non-hydrogen) atoms. The van der Waals surface area contributed by atoms with Gasteiger partial charge in [-0.05, 0) is 37.4 Å². The van der Waals surface area contributed by atoms with Gasteiger partial charge in [-0.2, -0.15) is 0 Å². The van der Waals surface area contributed by atoms with E-state index in [-0.39, 0.29) is 10.8 Å². The number of nitrogens with two attached hydrogens (primary N) is 1. The van der Waals surface area contributed by atoms with Crippen molar-refractivity contribution in [1.29, 1.82) is 0 Å². The quantitative estimate of drug-likeness (QED) is 0.878. The highest BCUT2D eigenvalue weighted by Gasteiger charge is 2.32. The molecule has 1 aromatic carbocycles. The third kappa shape index (κ3) is 2.97. The van der Waals surface area contributed by atoms with Crippen molar-refractivity contribution in [3.05, 3.63) is 34.6 Å². The predicted molar refractivity (Wildman–Crippen MR) is 68.4 cm³/mol. The normalized spacial score (nSPS) is 17.5. The molecule has 94 valence electrons. The summed E-state index contributed by atoms with van der Waals surface area (Å²) in [5.41, 5.74) is 6.61. The molecule has 1 aliphatic rings. The van der Waals surface area contributed by atoms with Crippen LogP contribution in [0.25, 0.3) is 0 Å². The second kappa shape index (κ2) is 5.34. The van der Waals surface area contributed by atoms with Crippen LogP contribution in [-0.4, -0.2) is 24.5 Å². The molecule has 0 spiro atoms. The maximum Gasteiger partial charge on any atom is 0.142 e. The number of hydrogen-bond acceptors (Lipinski definition) is 2. The van der Waals surface area contributed by atoms with E-state index in [2.05, 4.69) is 4.90 Å². The first-order valence-electron chi connectivity index (χ1n) is 5.96. The smallest absolute Gasteiger partial charge is 0.142 e. The van der Waals surface area contributed by atoms with Crippen molar-refractivity contribution in [3.8, 4) is 0 Å². The number of rotatable bonds is 5. The zero-order chi connectivity index (χ0) is 12.4. The van der Waals surface area contributed by atoms with Gasteiger partial charge < -0.3 is 5.73 Å². The topological polar surface area (TPSA) is 29.3 Å². The lowest BCUT2D eigenvalue weighted by Gasteiger charge is -2.27. The van der Waals surface area contributed by atoms with Gasteiger partial charge in [0, 0.05) is 19.1 Å². The minimum atomic E-state index is -0.353. The summed E-state index contributed by atoms with van der Waals surface area (Å²) >= 11 is 5.95. The number of hydrogen-bond donors (Lipinski definition) is 1. The molecule has 0 aliphatic heterocycles. The first-order valence-corrected chi connectivity index (χ1v) is 6.34. The third-order valence-corrected chi connectivity index (χ3v) is 3.85. The monoisotopic (exact) mass is 256 g/mol. The van der Waals surface area contributed by atoms with Crippen LogP contribution >= 0.6 is 11.6 Å². The van der Waals surface area contributed by atoms with Gasteiger partial charge in [-0.1, -0.05) is 23.7 Å². The van der Waals surface area contributed by atoms with Crippen LogP contribution in [0.5, 0.6) is 0 Å². The van der Waals surface area contributed by atoms with Crippen LogP contribution in [0.15, 0.2) is 18.2 Å². The largest absolute Gasteiger partial charge is 0.329 e. The number of halogens is 2. The summed E-state index contributed by atoms with van der Waals surface area (Å²) < 4.78 is 13.3. The standard InChI is InChI=1S/C13H18ClFN2/c1-17(12(7-16)9-5-6-9)8-10-3-2-4-11(15)13(10)14/h2-4,9,12H,5-8,16H2,1H3. The second-order valence-corrected chi connectivity index (χ2v) is 5.15. The van der Waals surface area contributed by atoms with Gasteiger partial charge in [0.15, 0.2) is 0 Å². The van der Waals surface area contributed by atoms with E-state index in [0.717, 1.165) is 5.56 Å². The minimum Gasteiger partial charge on any atom is -0.329 e. The van der Waals surface area contributed by atoms with Gasteiger partial charge >= 0.3 is 0 Å². The van der Waals surface area contributed by atoms with E-state index >= 15 is 0 Å². The molecule has 1 atom stereocenters. The minimum absolute atomic E-state index is 0.228. The number of benzene rings is 1. The molecule has 0 amide bonds. The van der Waals surface area contributed by atoms with Crippen molar-refractivity contribution in [2.45, 2.75) is 25.4 Å². The molecule has 4 heteroatoms. The van der Waals surface area contributed by atoms with Crippen molar-refractivity contribution in [1.82, 2.24) is 4.90 Å². The molecule has 2 N–H and O–H groups in total. The average Bonchev–Trinajstić information content (AvgIpc) is 3.10. The summed E-state index contributed by atoms with van der Waals surface area (Å²) in [6, 6.07) is 5.32. The molecule has 1 saturated carbocycles. The SMILES string of the molecule is CN(Cc1cccc(F)c1Cl)C(CN)C1CC1. The molecular weight excluding hydrogens is 239 g/mol. The summed E-state index contributed by atoms with van der Waals surface area (Å²) in [7, 11) is 2.02. The second-order valence-electron chi connectivity index (χ2n) is 4.77. The van der Waals surface area contributed by atoms with Gasteiger partial charge in [0.05, 0.1) is 5.02 Å². The zero-order valence-corrected chi connectivity index (χ0v) is 10.8. The Morgan fingerprint density at radius 3 is 2.82 bits per heavy atom. The van der Waals surface area contributed by atoms with Crippen molar-refractivity contribution in [3.63, 3.8) is 0 Å². The van der Waals surface area contributed by atoms with E-state index in [0.29, 0.717) is 25.0 Å². The summed E-state index contributed by atoms with van der Waals surface area (Å²) in [6.45, 7) is 1.29. The van der Waals surface area contributed by atoms with E-state index in [1.807, 2.05) is 13.1 Å². The lowest BCUT2D eigenvalue weighted by Crippen LogP contribution is -2.39. The summed E-state index contributed by atoms with van der Waals surface area (Å²) in [6.07, 6.45) is 2.51. The van der Waals surface area contributed by atoms with Gasteiger partial charge in [-0.15, -0.1) is 0 Å². The molecule has 1 aliphatic carbocycles. The fraction of sp³-hybridized carbons (Fsp3) is 0.538.